The molecule has 1 N–H and O–H groups in total. The van der Waals surface area contributed by atoms with Gasteiger partial charge in [-0.25, -0.2) is 10.3 Å². The van der Waals surface area contributed by atoms with Gasteiger partial charge in [-0.05, 0) is 52.1 Å². The maximum absolute atomic E-state index is 14.4. The largest absolute Gasteiger partial charge is 0.497 e. The number of hydrogen-bond acceptors (Lipinski definition) is 5. The summed E-state index contributed by atoms with van der Waals surface area (Å²) in [4.78, 5) is 42.8. The van der Waals surface area contributed by atoms with Crippen LogP contribution >= 0.6 is 11.6 Å². The summed E-state index contributed by atoms with van der Waals surface area (Å²) in [5.41, 5.74) is 6.55. The van der Waals surface area contributed by atoms with E-state index in [2.05, 4.69) is 10.5 Å². The molecule has 8 heteroatoms. The number of halogens is 1. The third kappa shape index (κ3) is 3.73. The van der Waals surface area contributed by atoms with Gasteiger partial charge >= 0.3 is 0 Å². The molecule has 8 rings (SSSR count). The average molecular weight is 576 g/mol. The van der Waals surface area contributed by atoms with Gasteiger partial charge in [-0.3, -0.25) is 14.4 Å². The van der Waals surface area contributed by atoms with Crippen molar-refractivity contribution in [2.75, 3.05) is 12.0 Å². The molecule has 208 valence electrons. The van der Waals surface area contributed by atoms with Crippen molar-refractivity contribution in [1.29, 1.82) is 0 Å². The van der Waals surface area contributed by atoms with Gasteiger partial charge in [0.05, 0.1) is 41.5 Å². The molecule has 7 nitrogen and oxygen atoms in total. The molecule has 42 heavy (non-hydrogen) atoms. The maximum atomic E-state index is 14.4. The van der Waals surface area contributed by atoms with Gasteiger partial charge in [0.2, 0.25) is 17.7 Å². The predicted molar refractivity (Wildman–Crippen MR) is 160 cm³/mol. The summed E-state index contributed by atoms with van der Waals surface area (Å²) in [6.07, 6.45) is 1.78. The topological polar surface area (TPSA) is 88.1 Å². The highest BCUT2D eigenvalue weighted by atomic mass is 35.5. The summed E-state index contributed by atoms with van der Waals surface area (Å²) < 4.78 is 5.20. The molecule has 4 aliphatic rings. The maximum Gasteiger partial charge on any atom is 0.244 e. The summed E-state index contributed by atoms with van der Waals surface area (Å²) in [6.45, 7) is 0. The van der Waals surface area contributed by atoms with Crippen molar-refractivity contribution in [2.45, 2.75) is 17.8 Å². The molecule has 1 heterocycles. The fourth-order valence-electron chi connectivity index (χ4n) is 7.09. The lowest BCUT2D eigenvalue weighted by molar-refractivity contribution is -0.123. The molecule has 4 aromatic carbocycles. The van der Waals surface area contributed by atoms with E-state index in [9.17, 15) is 14.4 Å². The lowest BCUT2D eigenvalue weighted by Gasteiger charge is -2.52. The van der Waals surface area contributed by atoms with E-state index in [1.165, 1.54) is 4.90 Å². The van der Waals surface area contributed by atoms with Gasteiger partial charge in [0.1, 0.15) is 5.75 Å². The summed E-state index contributed by atoms with van der Waals surface area (Å²) in [7, 11) is 1.59. The third-order valence-electron chi connectivity index (χ3n) is 8.76. The van der Waals surface area contributed by atoms with Crippen LogP contribution in [-0.2, 0) is 26.2 Å². The first kappa shape index (κ1) is 26.2. The van der Waals surface area contributed by atoms with Gasteiger partial charge in [-0.2, -0.15) is 5.10 Å². The number of para-hydroxylation sites is 1. The molecule has 3 amide bonds. The van der Waals surface area contributed by atoms with Crippen molar-refractivity contribution < 1.29 is 19.1 Å². The van der Waals surface area contributed by atoms with Gasteiger partial charge in [0.25, 0.3) is 0 Å². The van der Waals surface area contributed by atoms with Crippen molar-refractivity contribution in [3.05, 3.63) is 130 Å². The zero-order valence-electron chi connectivity index (χ0n) is 22.7. The van der Waals surface area contributed by atoms with E-state index in [1.54, 1.807) is 49.7 Å². The highest BCUT2D eigenvalue weighted by Crippen LogP contribution is 2.63. The van der Waals surface area contributed by atoms with E-state index >= 15 is 0 Å². The van der Waals surface area contributed by atoms with Crippen molar-refractivity contribution in [3.8, 4) is 5.75 Å². The highest BCUT2D eigenvalue weighted by Gasteiger charge is 2.68. The number of anilines is 1. The Bertz CT molecular complexity index is 1740. The van der Waals surface area contributed by atoms with Crippen LogP contribution in [0.25, 0.3) is 0 Å². The van der Waals surface area contributed by atoms with Crippen LogP contribution in [0.3, 0.4) is 0 Å². The van der Waals surface area contributed by atoms with Crippen LogP contribution in [-0.4, -0.2) is 31.0 Å². The number of benzene rings is 4. The fraction of sp³-hybridized carbons (Fsp3) is 0.176. The minimum atomic E-state index is -1.08. The Kier molecular flexibility index (Phi) is 6.21. The number of nitrogens with one attached hydrogen (secondary N) is 1. The fourth-order valence-corrected chi connectivity index (χ4v) is 7.31. The number of hydrazone groups is 1. The normalized spacial score (nSPS) is 23.5. The first-order chi connectivity index (χ1) is 20.5. The second-order valence-corrected chi connectivity index (χ2v) is 11.2. The summed E-state index contributed by atoms with van der Waals surface area (Å²) in [5, 5.41) is 4.80. The van der Waals surface area contributed by atoms with Crippen LogP contribution in [0.1, 0.15) is 33.7 Å². The van der Waals surface area contributed by atoms with Gasteiger partial charge in [0, 0.05) is 12.1 Å². The Hall–Kier alpha value is -4.75. The van der Waals surface area contributed by atoms with Crippen LogP contribution in [0.4, 0.5) is 5.69 Å². The molecule has 0 aromatic heterocycles. The number of amides is 3. The molecule has 3 aliphatic carbocycles. The Labute approximate surface area is 247 Å². The van der Waals surface area contributed by atoms with Gasteiger partial charge in [0.15, 0.2) is 0 Å². The molecular weight excluding hydrogens is 550 g/mol. The number of nitrogens with zero attached hydrogens (tertiary/aromatic N) is 2. The number of imide groups is 1. The number of carbonyl (C=O) groups excluding carboxylic acids is 3. The minimum absolute atomic E-state index is 0.118. The first-order valence-corrected chi connectivity index (χ1v) is 14.1. The van der Waals surface area contributed by atoms with Crippen LogP contribution in [0.5, 0.6) is 5.75 Å². The van der Waals surface area contributed by atoms with Crippen molar-refractivity contribution in [3.63, 3.8) is 0 Å². The average Bonchev–Trinajstić information content (AvgIpc) is 3.28. The lowest BCUT2D eigenvalue weighted by Crippen LogP contribution is -2.54. The summed E-state index contributed by atoms with van der Waals surface area (Å²) in [6, 6.07) is 29.9. The number of carbonyl (C=O) groups is 3. The molecule has 0 saturated carbocycles. The molecule has 1 fully saturated rings. The van der Waals surface area contributed by atoms with Crippen LogP contribution < -0.4 is 15.1 Å². The molecule has 0 spiro atoms. The van der Waals surface area contributed by atoms with Gasteiger partial charge in [-0.1, -0.05) is 84.4 Å². The van der Waals surface area contributed by atoms with Crippen molar-refractivity contribution in [1.82, 2.24) is 5.43 Å². The molecule has 1 saturated heterocycles. The molecule has 2 unspecified atom stereocenters. The Morgan fingerprint density at radius 2 is 1.52 bits per heavy atom. The van der Waals surface area contributed by atoms with Crippen molar-refractivity contribution in [2.24, 2.45) is 16.9 Å². The van der Waals surface area contributed by atoms with Gasteiger partial charge < -0.3 is 4.74 Å². The van der Waals surface area contributed by atoms with E-state index in [1.807, 2.05) is 60.7 Å². The Balaban J connectivity index is 1.33. The lowest BCUT2D eigenvalue weighted by atomic mass is 9.47. The number of rotatable bonds is 6. The third-order valence-corrected chi connectivity index (χ3v) is 9.08. The summed E-state index contributed by atoms with van der Waals surface area (Å²) >= 11 is 6.51. The van der Waals surface area contributed by atoms with E-state index in [-0.39, 0.29) is 30.1 Å². The second-order valence-electron chi connectivity index (χ2n) is 10.8. The smallest absolute Gasteiger partial charge is 0.244 e. The van der Waals surface area contributed by atoms with E-state index < -0.39 is 17.3 Å². The monoisotopic (exact) mass is 575 g/mol. The molecule has 2 atom stereocenters. The first-order valence-electron chi connectivity index (χ1n) is 13.7. The van der Waals surface area contributed by atoms with E-state index in [4.69, 9.17) is 16.3 Å². The highest BCUT2D eigenvalue weighted by molar-refractivity contribution is 6.36. The standard InChI is InChI=1S/C34H26ClN3O4/c1-42-21-16-14-20(15-17-21)18-28(39)37-36-19-34-24-10-4-2-8-22(24)29(23-9-3-5-11-25(23)34)30-31(34)33(41)38(32(30)40)27-13-7-6-12-26(27)35/h2-17,19,29-31H,18H2,1H3,(H,37,39)/b36-19+. The van der Waals surface area contributed by atoms with Crippen LogP contribution in [0, 0.1) is 11.8 Å². The molecule has 4 aromatic rings. The zero-order chi connectivity index (χ0) is 29.0. The number of hydrogen-bond donors (Lipinski definition) is 1. The van der Waals surface area contributed by atoms with Crippen molar-refractivity contribution >= 4 is 41.2 Å². The number of methoxy groups -OCH3 is 1. The van der Waals surface area contributed by atoms with E-state index in [0.717, 1.165) is 27.8 Å². The molecule has 2 bridgehead atoms. The van der Waals surface area contributed by atoms with Crippen LogP contribution in [0.15, 0.2) is 102 Å². The predicted octanol–water partition coefficient (Wildman–Crippen LogP) is 5.24. The Morgan fingerprint density at radius 3 is 2.17 bits per heavy atom. The van der Waals surface area contributed by atoms with Crippen LogP contribution in [0.2, 0.25) is 5.02 Å². The molecule has 0 radical (unpaired) electrons. The number of ether oxygens (including phenoxy) is 1. The minimum Gasteiger partial charge on any atom is -0.497 e. The zero-order valence-corrected chi connectivity index (χ0v) is 23.4. The Morgan fingerprint density at radius 1 is 0.905 bits per heavy atom. The second kappa shape index (κ2) is 9.96. The van der Waals surface area contributed by atoms with E-state index in [0.29, 0.717) is 16.5 Å². The van der Waals surface area contributed by atoms with Gasteiger partial charge in [-0.15, -0.1) is 0 Å². The quantitative estimate of drug-likeness (QED) is 0.193. The molecular formula is C34H26ClN3O4. The SMILES string of the molecule is COc1ccc(CC(=O)N/N=C/C23c4ccccc4C(c4ccccc42)C2C(=O)N(c4ccccc4Cl)C(=O)C23)cc1. The molecule has 1 aliphatic heterocycles. The summed E-state index contributed by atoms with van der Waals surface area (Å²) in [5.74, 6) is -1.93.